The van der Waals surface area contributed by atoms with Crippen LogP contribution in [0.2, 0.25) is 0 Å². The maximum absolute atomic E-state index is 14.5. The van der Waals surface area contributed by atoms with Crippen LogP contribution in [0.4, 0.5) is 13.2 Å². The van der Waals surface area contributed by atoms with E-state index in [0.29, 0.717) is 36.9 Å². The first kappa shape index (κ1) is 65.1. The molecule has 4 rings (SSSR count). The summed E-state index contributed by atoms with van der Waals surface area (Å²) < 4.78 is 31.7. The van der Waals surface area contributed by atoms with Crippen molar-refractivity contribution in [1.29, 1.82) is 0 Å². The Hall–Kier alpha value is -7.14. The van der Waals surface area contributed by atoms with Crippen molar-refractivity contribution in [2.24, 2.45) is 23.1 Å². The van der Waals surface area contributed by atoms with Crippen molar-refractivity contribution < 1.29 is 76.1 Å². The number of carbonyl (C=O) groups excluding carboxylic acids is 10. The SMILES string of the molecule is CC(C)CC1NC(=O)[C@H](Cc2ccccc2)NC(=O)C(Cc2ccc(O)cc2)NC(=O)CCSSC[C@@H](C(=O)N2CCC[C@H]2C(=O)N[C@@H](CCCCN)C(=O)NCC(N)=O)NC(=O)C(CC(N)=O)NC1=O.O=C(O)C(F)(F)F. The molecule has 0 radical (unpaired) electrons. The number of likely N-dealkylation sites (tertiary alicyclic amines) is 1. The minimum Gasteiger partial charge on any atom is -0.508 e. The number of carboxylic acid groups (broad SMARTS) is 1. The third-order valence-electron chi connectivity index (χ3n) is 11.8. The molecule has 2 aromatic rings. The molecule has 0 saturated carbocycles. The maximum Gasteiger partial charge on any atom is 0.490 e. The summed E-state index contributed by atoms with van der Waals surface area (Å²) in [5, 5.41) is 35.6. The summed E-state index contributed by atoms with van der Waals surface area (Å²) >= 11 is 0. The van der Waals surface area contributed by atoms with E-state index in [0.717, 1.165) is 10.8 Å². The predicted octanol–water partition coefficient (Wildman–Crippen LogP) is -0.852. The molecule has 2 aromatic carbocycles. The van der Waals surface area contributed by atoms with E-state index in [9.17, 15) is 66.2 Å². The number of benzene rings is 2. The minimum absolute atomic E-state index is 0.00810. The molecular formula is C49H68F3N11O13S2. The van der Waals surface area contributed by atoms with Crippen LogP contribution in [0.25, 0.3) is 0 Å². The number of nitrogens with zero attached hydrogens (tertiary/aromatic N) is 1. The van der Waals surface area contributed by atoms with E-state index in [4.69, 9.17) is 27.1 Å². The van der Waals surface area contributed by atoms with Crippen molar-refractivity contribution in [2.45, 2.75) is 127 Å². The normalized spacial score (nSPS) is 21.4. The lowest BCUT2D eigenvalue weighted by molar-refractivity contribution is -0.192. The molecule has 10 amide bonds. The molecule has 0 aliphatic carbocycles. The molecule has 2 aliphatic rings. The minimum atomic E-state index is -5.08. The topological polar surface area (TPSA) is 394 Å². The van der Waals surface area contributed by atoms with Crippen molar-refractivity contribution >= 4 is 86.6 Å². The lowest BCUT2D eigenvalue weighted by atomic mass is 9.99. The summed E-state index contributed by atoms with van der Waals surface area (Å²) in [6.45, 7) is 3.55. The van der Waals surface area contributed by atoms with Crippen molar-refractivity contribution in [2.75, 3.05) is 31.1 Å². The highest BCUT2D eigenvalue weighted by Crippen LogP contribution is 2.26. The van der Waals surface area contributed by atoms with Gasteiger partial charge in [-0.2, -0.15) is 13.2 Å². The zero-order valence-corrected chi connectivity index (χ0v) is 44.6. The summed E-state index contributed by atoms with van der Waals surface area (Å²) in [7, 11) is 2.29. The Kier molecular flexibility index (Phi) is 27.2. The average molecular weight is 1140 g/mol. The highest BCUT2D eigenvalue weighted by atomic mass is 33.1. The van der Waals surface area contributed by atoms with Crippen LogP contribution >= 0.6 is 21.6 Å². The number of halogens is 3. The van der Waals surface area contributed by atoms with Crippen LogP contribution in [0.15, 0.2) is 54.6 Å². The van der Waals surface area contributed by atoms with Gasteiger partial charge in [0.2, 0.25) is 59.1 Å². The van der Waals surface area contributed by atoms with Gasteiger partial charge in [-0.15, -0.1) is 0 Å². The number of nitrogens with two attached hydrogens (primary N) is 3. The molecule has 2 aliphatic heterocycles. The second-order valence-corrected chi connectivity index (χ2v) is 21.2. The highest BCUT2D eigenvalue weighted by molar-refractivity contribution is 8.76. The number of hydrogen-bond acceptors (Lipinski definition) is 15. The Morgan fingerprint density at radius 2 is 1.33 bits per heavy atom. The molecule has 3 unspecified atom stereocenters. The monoisotopic (exact) mass is 1140 g/mol. The number of phenols is 1. The molecule has 78 heavy (non-hydrogen) atoms. The smallest absolute Gasteiger partial charge is 0.490 e. The van der Waals surface area contributed by atoms with Crippen molar-refractivity contribution in [3.63, 3.8) is 0 Å². The predicted molar refractivity (Wildman–Crippen MR) is 280 cm³/mol. The standard InChI is InChI=1S/C47H67N11O11S2.C2HF3O2/c1-27(2)21-32-42(64)56-35(24-38(49)60)45(67)57-36(47(69)58-19-8-12-37(58)46(68)53-31(11-6-7-18-48)41(63)51-25-39(50)61)26-71-70-20-17-40(62)52-33(23-29-13-15-30(59)16-14-29)43(65)55-34(44(66)54-32)22-28-9-4-3-5-10-28;3-2(4,5)1(6)7/h3-5,9-10,13-16,27,31-37,59H,6-8,11-12,17-26,48H2,1-2H3,(H2,49,60)(H2,50,61)(H,51,63)(H,52,62)(H,53,68)(H,54,66)(H,55,65)(H,56,64)(H,57,67);(H,6,7)/t31-,32?,33?,34-,35?,36-,37-;/m0./s1. The van der Waals surface area contributed by atoms with Gasteiger partial charge in [0.25, 0.3) is 0 Å². The van der Waals surface area contributed by atoms with Gasteiger partial charge in [-0.3, -0.25) is 47.9 Å². The molecule has 2 saturated heterocycles. The van der Waals surface area contributed by atoms with Gasteiger partial charge < -0.3 is 69.5 Å². The molecule has 0 bridgehead atoms. The molecule has 2 fully saturated rings. The summed E-state index contributed by atoms with van der Waals surface area (Å²) in [5.74, 6) is -10.5. The lowest BCUT2D eigenvalue weighted by Gasteiger charge is -2.31. The van der Waals surface area contributed by atoms with Crippen LogP contribution in [0.3, 0.4) is 0 Å². The summed E-state index contributed by atoms with van der Waals surface area (Å²) in [6.07, 6.45) is -4.12. The van der Waals surface area contributed by atoms with E-state index in [1.807, 2.05) is 0 Å². The number of amides is 10. The Morgan fingerprint density at radius 3 is 1.91 bits per heavy atom. The van der Waals surface area contributed by atoms with Crippen LogP contribution in [0.1, 0.15) is 76.3 Å². The molecule has 15 N–H and O–H groups in total. The van der Waals surface area contributed by atoms with E-state index >= 15 is 0 Å². The third kappa shape index (κ3) is 23.2. The van der Waals surface area contributed by atoms with Crippen LogP contribution in [0.5, 0.6) is 5.75 Å². The van der Waals surface area contributed by atoms with Gasteiger partial charge in [0.05, 0.1) is 13.0 Å². The van der Waals surface area contributed by atoms with Gasteiger partial charge in [0.15, 0.2) is 0 Å². The Labute approximate surface area is 455 Å². The Morgan fingerprint density at radius 1 is 0.769 bits per heavy atom. The summed E-state index contributed by atoms with van der Waals surface area (Å²) in [6, 6.07) is 5.88. The number of primary amides is 2. The van der Waals surface area contributed by atoms with Crippen molar-refractivity contribution in [3.05, 3.63) is 65.7 Å². The number of nitrogens with one attached hydrogen (secondary N) is 7. The third-order valence-corrected chi connectivity index (χ3v) is 14.2. The van der Waals surface area contributed by atoms with Crippen molar-refractivity contribution in [3.8, 4) is 5.75 Å². The van der Waals surface area contributed by atoms with Gasteiger partial charge in [0, 0.05) is 37.3 Å². The fraction of sp³-hybridized carbons (Fsp3) is 0.531. The molecule has 29 heteroatoms. The van der Waals surface area contributed by atoms with Gasteiger partial charge in [-0.25, -0.2) is 4.79 Å². The van der Waals surface area contributed by atoms with Crippen LogP contribution < -0.4 is 54.4 Å². The summed E-state index contributed by atoms with van der Waals surface area (Å²) in [5.41, 5.74) is 17.7. The van der Waals surface area contributed by atoms with Crippen LogP contribution in [0, 0.1) is 5.92 Å². The molecular weight excluding hydrogens is 1070 g/mol. The number of hydrogen-bond donors (Lipinski definition) is 12. The number of carbonyl (C=O) groups is 11. The number of phenolic OH excluding ortho intramolecular Hbond substituents is 1. The first-order valence-electron chi connectivity index (χ1n) is 24.8. The maximum atomic E-state index is 14.5. The molecule has 430 valence electrons. The van der Waals surface area contributed by atoms with E-state index in [1.54, 1.807) is 56.3 Å². The number of carboxylic acids is 1. The molecule has 0 aromatic heterocycles. The fourth-order valence-electron chi connectivity index (χ4n) is 7.92. The van der Waals surface area contributed by atoms with Gasteiger partial charge in [-0.05, 0) is 74.2 Å². The number of aliphatic carboxylic acids is 1. The highest BCUT2D eigenvalue weighted by Gasteiger charge is 2.41. The number of unbranched alkanes of at least 4 members (excludes halogenated alkanes) is 1. The first-order chi connectivity index (χ1) is 36.8. The van der Waals surface area contributed by atoms with Gasteiger partial charge >= 0.3 is 12.1 Å². The second kappa shape index (κ2) is 32.6. The quantitative estimate of drug-likeness (QED) is 0.0639. The molecule has 0 spiro atoms. The number of rotatable bonds is 18. The van der Waals surface area contributed by atoms with E-state index < -0.39 is 126 Å². The zero-order chi connectivity index (χ0) is 58.1. The van der Waals surface area contributed by atoms with Gasteiger partial charge in [-0.1, -0.05) is 77.9 Å². The average Bonchev–Trinajstić information content (AvgIpc) is 3.87. The summed E-state index contributed by atoms with van der Waals surface area (Å²) in [4.78, 5) is 146. The Balaban J connectivity index is 0.00000213. The van der Waals surface area contributed by atoms with Crippen LogP contribution in [-0.4, -0.2) is 160 Å². The van der Waals surface area contributed by atoms with E-state index in [1.165, 1.54) is 27.8 Å². The largest absolute Gasteiger partial charge is 0.508 e. The van der Waals surface area contributed by atoms with E-state index in [2.05, 4.69) is 37.2 Å². The first-order valence-corrected chi connectivity index (χ1v) is 27.3. The fourth-order valence-corrected chi connectivity index (χ4v) is 10.1. The van der Waals surface area contributed by atoms with Gasteiger partial charge in [0.1, 0.15) is 48.0 Å². The number of aromatic hydroxyl groups is 1. The zero-order valence-electron chi connectivity index (χ0n) is 42.9. The molecule has 2 heterocycles. The lowest BCUT2D eigenvalue weighted by Crippen LogP contribution is -2.61. The van der Waals surface area contributed by atoms with Crippen molar-refractivity contribution in [1.82, 2.24) is 42.1 Å². The molecule has 24 nitrogen and oxygen atoms in total. The number of alkyl halides is 3. The Bertz CT molecular complexity index is 2410. The second-order valence-electron chi connectivity index (χ2n) is 18.6. The van der Waals surface area contributed by atoms with E-state index in [-0.39, 0.29) is 68.2 Å². The molecule has 7 atom stereocenters. The van der Waals surface area contributed by atoms with Crippen LogP contribution in [-0.2, 0) is 65.6 Å².